The summed E-state index contributed by atoms with van der Waals surface area (Å²) in [4.78, 5) is 5.18. The summed E-state index contributed by atoms with van der Waals surface area (Å²) in [6, 6.07) is 0.751. The average molecular weight is 244 g/mol. The molecule has 0 radical (unpaired) electrons. The van der Waals surface area contributed by atoms with Crippen LogP contribution in [0.1, 0.15) is 33.1 Å². The zero-order valence-corrected chi connectivity index (χ0v) is 12.0. The van der Waals surface area contributed by atoms with E-state index < -0.39 is 0 Å². The fraction of sp³-hybridized carbons (Fsp3) is 1.00. The van der Waals surface area contributed by atoms with E-state index in [1.165, 1.54) is 45.4 Å². The highest BCUT2D eigenvalue weighted by atomic mass is 32.1. The molecule has 0 bridgehead atoms. The Morgan fingerprint density at radius 1 is 1.31 bits per heavy atom. The molecule has 1 aliphatic rings. The minimum atomic E-state index is 0.751. The lowest BCUT2D eigenvalue weighted by Crippen LogP contribution is -2.42. The monoisotopic (exact) mass is 244 g/mol. The molecule has 2 nitrogen and oxygen atoms in total. The van der Waals surface area contributed by atoms with Crippen molar-refractivity contribution < 1.29 is 0 Å². The second-order valence-corrected chi connectivity index (χ2v) is 5.49. The lowest BCUT2D eigenvalue weighted by atomic mass is 10.1. The molecule has 16 heavy (non-hydrogen) atoms. The van der Waals surface area contributed by atoms with Crippen LogP contribution in [-0.4, -0.2) is 54.8 Å². The molecule has 2 atom stereocenters. The maximum absolute atomic E-state index is 4.46. The molecule has 2 unspecified atom stereocenters. The lowest BCUT2D eigenvalue weighted by molar-refractivity contribution is 0.162. The van der Waals surface area contributed by atoms with Crippen LogP contribution in [-0.2, 0) is 0 Å². The Labute approximate surface area is 107 Å². The van der Waals surface area contributed by atoms with Crippen molar-refractivity contribution in [2.24, 2.45) is 5.92 Å². The summed E-state index contributed by atoms with van der Waals surface area (Å²) in [5, 5.41) is 0. The van der Waals surface area contributed by atoms with Gasteiger partial charge in [-0.15, -0.1) is 0 Å². The Morgan fingerprint density at radius 3 is 2.62 bits per heavy atom. The number of hydrogen-bond acceptors (Lipinski definition) is 3. The van der Waals surface area contributed by atoms with E-state index in [0.717, 1.165) is 17.7 Å². The van der Waals surface area contributed by atoms with Gasteiger partial charge < -0.3 is 4.90 Å². The van der Waals surface area contributed by atoms with Gasteiger partial charge in [-0.2, -0.15) is 12.6 Å². The van der Waals surface area contributed by atoms with Crippen LogP contribution in [0.15, 0.2) is 0 Å². The first-order valence-electron chi connectivity index (χ1n) is 6.74. The molecule has 0 aliphatic carbocycles. The van der Waals surface area contributed by atoms with Gasteiger partial charge in [0, 0.05) is 19.1 Å². The van der Waals surface area contributed by atoms with E-state index in [1.807, 2.05) is 0 Å². The van der Waals surface area contributed by atoms with Crippen LogP contribution in [0.2, 0.25) is 0 Å². The summed E-state index contributed by atoms with van der Waals surface area (Å²) in [6.07, 6.45) is 3.84. The van der Waals surface area contributed by atoms with Gasteiger partial charge in [0.25, 0.3) is 0 Å². The van der Waals surface area contributed by atoms with Crippen LogP contribution in [0.3, 0.4) is 0 Å². The largest absolute Gasteiger partial charge is 0.305 e. The minimum absolute atomic E-state index is 0.751. The molecule has 0 aromatic heterocycles. The first-order chi connectivity index (χ1) is 7.71. The van der Waals surface area contributed by atoms with Gasteiger partial charge in [-0.25, -0.2) is 0 Å². The molecule has 0 saturated carbocycles. The number of thiol groups is 1. The van der Waals surface area contributed by atoms with Gasteiger partial charge in [0.05, 0.1) is 0 Å². The summed E-state index contributed by atoms with van der Waals surface area (Å²) in [5.41, 5.74) is 0. The maximum Gasteiger partial charge on any atom is 0.0220 e. The minimum Gasteiger partial charge on any atom is -0.305 e. The van der Waals surface area contributed by atoms with Gasteiger partial charge in [0.2, 0.25) is 0 Å². The molecule has 96 valence electrons. The van der Waals surface area contributed by atoms with Crippen LogP contribution < -0.4 is 0 Å². The number of rotatable bonds is 5. The molecular formula is C13H28N2S. The van der Waals surface area contributed by atoms with Crippen LogP contribution in [0, 0.1) is 5.92 Å². The van der Waals surface area contributed by atoms with Gasteiger partial charge in [-0.1, -0.05) is 20.3 Å². The van der Waals surface area contributed by atoms with Crippen molar-refractivity contribution in [3.8, 4) is 0 Å². The Morgan fingerprint density at radius 2 is 2.06 bits per heavy atom. The average Bonchev–Trinajstić information content (AvgIpc) is 2.47. The van der Waals surface area contributed by atoms with Crippen molar-refractivity contribution in [2.45, 2.75) is 39.2 Å². The van der Waals surface area contributed by atoms with Gasteiger partial charge in [0.15, 0.2) is 0 Å². The molecule has 1 saturated heterocycles. The highest BCUT2D eigenvalue weighted by Crippen LogP contribution is 2.16. The van der Waals surface area contributed by atoms with Crippen LogP contribution in [0.5, 0.6) is 0 Å². The molecule has 0 aromatic rings. The molecule has 1 fully saturated rings. The third-order valence-electron chi connectivity index (χ3n) is 3.82. The summed E-state index contributed by atoms with van der Waals surface area (Å²) >= 11 is 4.46. The molecule has 1 aliphatic heterocycles. The zero-order chi connectivity index (χ0) is 12.0. The molecule has 3 heteroatoms. The molecule has 1 rings (SSSR count). The van der Waals surface area contributed by atoms with Crippen LogP contribution >= 0.6 is 12.6 Å². The third-order valence-corrected chi connectivity index (χ3v) is 4.34. The Hall–Kier alpha value is 0.270. The van der Waals surface area contributed by atoms with Crippen LogP contribution in [0.25, 0.3) is 0 Å². The second kappa shape index (κ2) is 7.57. The third kappa shape index (κ3) is 4.27. The van der Waals surface area contributed by atoms with E-state index in [9.17, 15) is 0 Å². The highest BCUT2D eigenvalue weighted by molar-refractivity contribution is 7.80. The van der Waals surface area contributed by atoms with E-state index in [2.05, 4.69) is 43.3 Å². The van der Waals surface area contributed by atoms with Crippen molar-refractivity contribution in [1.82, 2.24) is 9.80 Å². The van der Waals surface area contributed by atoms with E-state index in [1.54, 1.807) is 0 Å². The number of hydrogen-bond donors (Lipinski definition) is 1. The number of likely N-dealkylation sites (N-methyl/N-ethyl adjacent to an activating group) is 1. The van der Waals surface area contributed by atoms with Gasteiger partial charge in [0.1, 0.15) is 0 Å². The van der Waals surface area contributed by atoms with E-state index in [-0.39, 0.29) is 0 Å². The Kier molecular flexibility index (Phi) is 6.78. The van der Waals surface area contributed by atoms with Crippen LogP contribution in [0.4, 0.5) is 0 Å². The summed E-state index contributed by atoms with van der Waals surface area (Å²) in [5.74, 6) is 1.79. The van der Waals surface area contributed by atoms with Crippen molar-refractivity contribution >= 4 is 12.6 Å². The first kappa shape index (κ1) is 14.3. The Balaban J connectivity index is 2.53. The SMILES string of the molecule is CCC(CS)CN1CCCN(C)CC1CC. The second-order valence-electron chi connectivity index (χ2n) is 5.13. The molecule has 0 N–H and O–H groups in total. The highest BCUT2D eigenvalue weighted by Gasteiger charge is 2.23. The molecule has 1 heterocycles. The van der Waals surface area contributed by atoms with Gasteiger partial charge in [-0.3, -0.25) is 4.90 Å². The maximum atomic E-state index is 4.46. The summed E-state index contributed by atoms with van der Waals surface area (Å²) in [6.45, 7) is 9.61. The van der Waals surface area contributed by atoms with E-state index >= 15 is 0 Å². The van der Waals surface area contributed by atoms with E-state index in [4.69, 9.17) is 0 Å². The first-order valence-corrected chi connectivity index (χ1v) is 7.37. The van der Waals surface area contributed by atoms with Crippen molar-refractivity contribution in [2.75, 3.05) is 39.0 Å². The predicted octanol–water partition coefficient (Wildman–Crippen LogP) is 2.36. The zero-order valence-electron chi connectivity index (χ0n) is 11.2. The Bertz CT molecular complexity index is 183. The summed E-state index contributed by atoms with van der Waals surface area (Å²) in [7, 11) is 2.25. The molecular weight excluding hydrogens is 216 g/mol. The normalized spacial score (nSPS) is 26.6. The molecule has 0 amide bonds. The standard InChI is InChI=1S/C13H28N2S/c1-4-12(11-16)9-15-8-6-7-14(3)10-13(15)5-2/h12-13,16H,4-11H2,1-3H3. The van der Waals surface area contributed by atoms with Crippen molar-refractivity contribution in [3.05, 3.63) is 0 Å². The van der Waals surface area contributed by atoms with Gasteiger partial charge >= 0.3 is 0 Å². The number of nitrogens with zero attached hydrogens (tertiary/aromatic N) is 2. The fourth-order valence-electron chi connectivity index (χ4n) is 2.57. The summed E-state index contributed by atoms with van der Waals surface area (Å²) < 4.78 is 0. The topological polar surface area (TPSA) is 6.48 Å². The molecule has 0 spiro atoms. The smallest absolute Gasteiger partial charge is 0.0220 e. The van der Waals surface area contributed by atoms with Crippen molar-refractivity contribution in [3.63, 3.8) is 0 Å². The predicted molar refractivity (Wildman–Crippen MR) is 75.4 cm³/mol. The quantitative estimate of drug-likeness (QED) is 0.742. The fourth-order valence-corrected chi connectivity index (χ4v) is 2.94. The molecule has 0 aromatic carbocycles. The lowest BCUT2D eigenvalue weighted by Gasteiger charge is -2.32. The van der Waals surface area contributed by atoms with Gasteiger partial charge in [-0.05, 0) is 44.6 Å². The van der Waals surface area contributed by atoms with E-state index in [0.29, 0.717) is 0 Å². The van der Waals surface area contributed by atoms with Crippen molar-refractivity contribution in [1.29, 1.82) is 0 Å².